The molecule has 0 bridgehead atoms. The van der Waals surface area contributed by atoms with Crippen LogP contribution in [0.2, 0.25) is 5.02 Å². The third-order valence-electron chi connectivity index (χ3n) is 4.09. The van der Waals surface area contributed by atoms with Gasteiger partial charge in [0.2, 0.25) is 5.91 Å². The molecule has 2 aromatic carbocycles. The summed E-state index contributed by atoms with van der Waals surface area (Å²) >= 11 is 5.88. The number of anilines is 1. The Morgan fingerprint density at radius 1 is 1.15 bits per heavy atom. The van der Waals surface area contributed by atoms with Crippen molar-refractivity contribution in [1.82, 2.24) is 4.98 Å². The fraction of sp³-hybridized carbons (Fsp3) is 0.211. The van der Waals surface area contributed by atoms with E-state index in [0.717, 1.165) is 34.7 Å². The van der Waals surface area contributed by atoms with Crippen molar-refractivity contribution >= 4 is 34.1 Å². The lowest BCUT2D eigenvalue weighted by Crippen LogP contribution is -2.13. The molecule has 1 heterocycles. The van der Waals surface area contributed by atoms with E-state index >= 15 is 0 Å². The third-order valence-corrected chi connectivity index (χ3v) is 4.42. The Morgan fingerprint density at radius 3 is 2.69 bits per heavy atom. The maximum Gasteiger partial charge on any atom is 0.416 e. The average molecular weight is 381 g/mol. The molecule has 0 aliphatic carbocycles. The van der Waals surface area contributed by atoms with Gasteiger partial charge in [0.15, 0.2) is 0 Å². The molecule has 0 spiro atoms. The number of hydrogen-bond acceptors (Lipinski definition) is 1. The van der Waals surface area contributed by atoms with Crippen molar-refractivity contribution in [2.24, 2.45) is 0 Å². The first kappa shape index (κ1) is 18.3. The first-order chi connectivity index (χ1) is 12.3. The number of rotatable bonds is 5. The van der Waals surface area contributed by atoms with Crippen LogP contribution in [0.25, 0.3) is 10.9 Å². The lowest BCUT2D eigenvalue weighted by molar-refractivity contribution is -0.137. The predicted molar refractivity (Wildman–Crippen MR) is 96.3 cm³/mol. The van der Waals surface area contributed by atoms with E-state index in [9.17, 15) is 18.0 Å². The van der Waals surface area contributed by atoms with Gasteiger partial charge in [0.25, 0.3) is 0 Å². The van der Waals surface area contributed by atoms with E-state index in [1.165, 1.54) is 0 Å². The second-order valence-electron chi connectivity index (χ2n) is 5.95. The van der Waals surface area contributed by atoms with Gasteiger partial charge in [-0.3, -0.25) is 4.79 Å². The SMILES string of the molecule is O=C(CCCc1c[nH]c2ccccc12)Nc1cc(C(F)(F)F)ccc1Cl. The van der Waals surface area contributed by atoms with Gasteiger partial charge in [-0.05, 0) is 42.7 Å². The second-order valence-corrected chi connectivity index (χ2v) is 6.36. The Hall–Kier alpha value is -2.47. The molecule has 0 atom stereocenters. The van der Waals surface area contributed by atoms with Crippen molar-refractivity contribution in [1.29, 1.82) is 0 Å². The Kier molecular flexibility index (Phi) is 5.23. The largest absolute Gasteiger partial charge is 0.416 e. The quantitative estimate of drug-likeness (QED) is 0.577. The van der Waals surface area contributed by atoms with Gasteiger partial charge in [-0.2, -0.15) is 13.2 Å². The monoisotopic (exact) mass is 380 g/mol. The highest BCUT2D eigenvalue weighted by Crippen LogP contribution is 2.33. The summed E-state index contributed by atoms with van der Waals surface area (Å²) in [5.41, 5.74) is 1.25. The van der Waals surface area contributed by atoms with Gasteiger partial charge < -0.3 is 10.3 Å². The van der Waals surface area contributed by atoms with E-state index in [-0.39, 0.29) is 23.0 Å². The van der Waals surface area contributed by atoms with Crippen molar-refractivity contribution in [3.63, 3.8) is 0 Å². The number of carbonyl (C=O) groups excluding carboxylic acids is 1. The molecule has 3 nitrogen and oxygen atoms in total. The zero-order valence-corrected chi connectivity index (χ0v) is 14.4. The third kappa shape index (κ3) is 4.19. The van der Waals surface area contributed by atoms with Gasteiger partial charge in [0, 0.05) is 23.5 Å². The van der Waals surface area contributed by atoms with Crippen molar-refractivity contribution in [3.8, 4) is 0 Å². The van der Waals surface area contributed by atoms with Crippen LogP contribution >= 0.6 is 11.6 Å². The highest BCUT2D eigenvalue weighted by molar-refractivity contribution is 6.33. The van der Waals surface area contributed by atoms with Gasteiger partial charge in [-0.15, -0.1) is 0 Å². The van der Waals surface area contributed by atoms with Crippen LogP contribution in [0.1, 0.15) is 24.0 Å². The number of alkyl halides is 3. The highest BCUT2D eigenvalue weighted by atomic mass is 35.5. The summed E-state index contributed by atoms with van der Waals surface area (Å²) in [6.07, 6.45) is -1.13. The molecule has 2 N–H and O–H groups in total. The number of amides is 1. The summed E-state index contributed by atoms with van der Waals surface area (Å²) < 4.78 is 38.3. The number of halogens is 4. The van der Waals surface area contributed by atoms with Crippen molar-refractivity contribution < 1.29 is 18.0 Å². The number of aromatic nitrogens is 1. The number of nitrogens with one attached hydrogen (secondary N) is 2. The lowest BCUT2D eigenvalue weighted by atomic mass is 10.1. The number of aryl methyl sites for hydroxylation is 1. The molecule has 26 heavy (non-hydrogen) atoms. The molecule has 0 saturated carbocycles. The van der Waals surface area contributed by atoms with Crippen LogP contribution in [0.4, 0.5) is 18.9 Å². The minimum atomic E-state index is -4.49. The molecule has 1 aromatic heterocycles. The second kappa shape index (κ2) is 7.41. The fourth-order valence-electron chi connectivity index (χ4n) is 2.79. The summed E-state index contributed by atoms with van der Waals surface area (Å²) in [7, 11) is 0. The van der Waals surface area contributed by atoms with E-state index < -0.39 is 11.7 Å². The first-order valence-electron chi connectivity index (χ1n) is 8.06. The normalized spacial score (nSPS) is 11.7. The van der Waals surface area contributed by atoms with Crippen LogP contribution in [-0.2, 0) is 17.4 Å². The zero-order valence-electron chi connectivity index (χ0n) is 13.7. The van der Waals surface area contributed by atoms with E-state index in [0.29, 0.717) is 12.8 Å². The van der Waals surface area contributed by atoms with Crippen molar-refractivity contribution in [2.75, 3.05) is 5.32 Å². The minimum absolute atomic E-state index is 0.0291. The van der Waals surface area contributed by atoms with Gasteiger partial charge in [0.05, 0.1) is 16.3 Å². The van der Waals surface area contributed by atoms with E-state index in [1.54, 1.807) is 0 Å². The number of H-pyrrole nitrogens is 1. The standard InChI is InChI=1S/C19H16ClF3N2O/c20-15-9-8-13(19(21,22)23)10-17(15)25-18(26)7-3-4-12-11-24-16-6-2-1-5-14(12)16/h1-2,5-6,8-11,24H,3-4,7H2,(H,25,26). The van der Waals surface area contributed by atoms with Crippen LogP contribution in [0, 0.1) is 0 Å². The Labute approximate surface area is 153 Å². The van der Waals surface area contributed by atoms with E-state index in [4.69, 9.17) is 11.6 Å². The minimum Gasteiger partial charge on any atom is -0.361 e. The van der Waals surface area contributed by atoms with Gasteiger partial charge >= 0.3 is 6.18 Å². The van der Waals surface area contributed by atoms with Gasteiger partial charge in [0.1, 0.15) is 0 Å². The molecule has 136 valence electrons. The maximum absolute atomic E-state index is 12.8. The number of hydrogen-bond donors (Lipinski definition) is 2. The Balaban J connectivity index is 1.59. The number of benzene rings is 2. The van der Waals surface area contributed by atoms with Crippen LogP contribution in [0.15, 0.2) is 48.7 Å². The average Bonchev–Trinajstić information content (AvgIpc) is 2.99. The topological polar surface area (TPSA) is 44.9 Å². The number of para-hydroxylation sites is 1. The van der Waals surface area contributed by atoms with Crippen molar-refractivity contribution in [3.05, 3.63) is 64.8 Å². The van der Waals surface area contributed by atoms with Gasteiger partial charge in [-0.1, -0.05) is 29.8 Å². The van der Waals surface area contributed by atoms with Crippen LogP contribution in [0.3, 0.4) is 0 Å². The van der Waals surface area contributed by atoms with Crippen LogP contribution in [-0.4, -0.2) is 10.9 Å². The first-order valence-corrected chi connectivity index (χ1v) is 8.44. The zero-order chi connectivity index (χ0) is 18.7. The molecule has 3 rings (SSSR count). The predicted octanol–water partition coefficient (Wildman–Crippen LogP) is 5.80. The number of fused-ring (bicyclic) bond motifs is 1. The summed E-state index contributed by atoms with van der Waals surface area (Å²) in [6, 6.07) is 10.7. The van der Waals surface area contributed by atoms with E-state index in [1.807, 2.05) is 30.5 Å². The molecular formula is C19H16ClF3N2O. The summed E-state index contributed by atoms with van der Waals surface area (Å²) in [6.45, 7) is 0. The maximum atomic E-state index is 12.8. The molecule has 0 radical (unpaired) electrons. The van der Waals surface area contributed by atoms with Crippen molar-refractivity contribution in [2.45, 2.75) is 25.4 Å². The molecular weight excluding hydrogens is 365 g/mol. The molecule has 7 heteroatoms. The molecule has 3 aromatic rings. The molecule has 0 unspecified atom stereocenters. The fourth-order valence-corrected chi connectivity index (χ4v) is 2.95. The van der Waals surface area contributed by atoms with Gasteiger partial charge in [-0.25, -0.2) is 0 Å². The molecule has 0 fully saturated rings. The van der Waals surface area contributed by atoms with Crippen LogP contribution < -0.4 is 5.32 Å². The summed E-state index contributed by atoms with van der Waals surface area (Å²) in [4.78, 5) is 15.2. The molecule has 0 aliphatic heterocycles. The molecule has 0 saturated heterocycles. The molecule has 0 aliphatic rings. The number of carbonyl (C=O) groups is 1. The smallest absolute Gasteiger partial charge is 0.361 e. The Morgan fingerprint density at radius 2 is 1.92 bits per heavy atom. The molecule has 1 amide bonds. The number of aromatic amines is 1. The summed E-state index contributed by atoms with van der Waals surface area (Å²) in [5.74, 6) is -0.369. The highest BCUT2D eigenvalue weighted by Gasteiger charge is 2.31. The van der Waals surface area contributed by atoms with Crippen LogP contribution in [0.5, 0.6) is 0 Å². The summed E-state index contributed by atoms with van der Waals surface area (Å²) in [5, 5.41) is 3.64. The lowest BCUT2D eigenvalue weighted by Gasteiger charge is -2.11. The Bertz CT molecular complexity index is 934. The van der Waals surface area contributed by atoms with E-state index in [2.05, 4.69) is 10.3 Å².